The molecular formula is C32H39ClFN7O2. The van der Waals surface area contributed by atoms with E-state index in [1.807, 2.05) is 30.3 Å². The highest BCUT2D eigenvalue weighted by atomic mass is 35.5. The Morgan fingerprint density at radius 3 is 2.70 bits per heavy atom. The molecule has 228 valence electrons. The minimum absolute atomic E-state index is 0.00602. The summed E-state index contributed by atoms with van der Waals surface area (Å²) in [5.41, 5.74) is 8.98. The highest BCUT2D eigenvalue weighted by Crippen LogP contribution is 2.31. The van der Waals surface area contributed by atoms with Crippen molar-refractivity contribution in [2.45, 2.75) is 57.7 Å². The number of aliphatic hydroxyl groups excluding tert-OH is 1. The quantitative estimate of drug-likeness (QED) is 0.0676. The summed E-state index contributed by atoms with van der Waals surface area (Å²) in [6.07, 6.45) is 6.34. The lowest BCUT2D eigenvalue weighted by molar-refractivity contribution is 0.258. The molecule has 43 heavy (non-hydrogen) atoms. The van der Waals surface area contributed by atoms with Gasteiger partial charge >= 0.3 is 5.69 Å². The van der Waals surface area contributed by atoms with E-state index in [1.165, 1.54) is 4.57 Å². The molecule has 0 saturated carbocycles. The maximum Gasteiger partial charge on any atom is 0.354 e. The zero-order valence-electron chi connectivity index (χ0n) is 24.5. The molecule has 0 fully saturated rings. The van der Waals surface area contributed by atoms with Crippen molar-refractivity contribution in [1.82, 2.24) is 25.2 Å². The van der Waals surface area contributed by atoms with Crippen LogP contribution in [-0.2, 0) is 6.42 Å². The Morgan fingerprint density at radius 2 is 2.02 bits per heavy atom. The summed E-state index contributed by atoms with van der Waals surface area (Å²) in [5.74, 6) is -0.124. The number of amidine groups is 1. The lowest BCUT2D eigenvalue weighted by atomic mass is 10.0. The molecule has 11 heteroatoms. The van der Waals surface area contributed by atoms with Crippen molar-refractivity contribution in [3.8, 4) is 16.9 Å². The molecule has 0 radical (unpaired) electrons. The maximum atomic E-state index is 15.1. The summed E-state index contributed by atoms with van der Waals surface area (Å²) in [6, 6.07) is 12.6. The number of nitrogens with one attached hydrogen (secondary N) is 4. The number of hydrogen-bond acceptors (Lipinski definition) is 6. The average molecular weight is 608 g/mol. The van der Waals surface area contributed by atoms with E-state index in [1.54, 1.807) is 31.3 Å². The average Bonchev–Trinajstić information content (AvgIpc) is 3.40. The molecule has 9 nitrogen and oxygen atoms in total. The summed E-state index contributed by atoms with van der Waals surface area (Å²) >= 11 is 6.23. The molecule has 0 amide bonds. The Labute approximate surface area is 255 Å². The molecule has 4 rings (SSSR count). The number of aromatic nitrogens is 3. The molecule has 2 aromatic heterocycles. The number of aryl methyl sites for hydroxylation is 1. The zero-order chi connectivity index (χ0) is 31.1. The van der Waals surface area contributed by atoms with Crippen LogP contribution in [-0.4, -0.2) is 50.7 Å². The predicted octanol–water partition coefficient (Wildman–Crippen LogP) is 5.00. The van der Waals surface area contributed by atoms with Gasteiger partial charge in [0.1, 0.15) is 5.65 Å². The molecule has 3 atom stereocenters. The lowest BCUT2D eigenvalue weighted by Gasteiger charge is -2.21. The van der Waals surface area contributed by atoms with Crippen molar-refractivity contribution in [3.05, 3.63) is 93.8 Å². The van der Waals surface area contributed by atoms with E-state index >= 15 is 4.39 Å². The number of nitrogens with zero attached hydrogens (tertiary/aromatic N) is 2. The van der Waals surface area contributed by atoms with Crippen LogP contribution in [0.5, 0.6) is 0 Å². The highest BCUT2D eigenvalue weighted by Gasteiger charge is 2.16. The summed E-state index contributed by atoms with van der Waals surface area (Å²) in [7, 11) is 0. The summed E-state index contributed by atoms with van der Waals surface area (Å²) in [6.45, 7) is 8.29. The first kappa shape index (κ1) is 32.1. The van der Waals surface area contributed by atoms with Gasteiger partial charge in [-0.05, 0) is 81.0 Å². The monoisotopic (exact) mass is 607 g/mol. The van der Waals surface area contributed by atoms with Crippen LogP contribution in [0, 0.1) is 11.2 Å². The second-order valence-electron chi connectivity index (χ2n) is 10.8. The van der Waals surface area contributed by atoms with Crippen LogP contribution in [0.4, 0.5) is 4.39 Å². The molecule has 4 aromatic rings. The SMILES string of the molecule is C=C[C@@H](CCNC(C)=N)N[C@@H](C)c1ccc(-n2cc3cc(-c4cc(CCC[C@@H](N)CO)cc(Cl)c4F)[nH]c3nc2=O)cc1. The molecule has 0 spiro atoms. The smallest absolute Gasteiger partial charge is 0.354 e. The number of halogens is 2. The minimum atomic E-state index is -0.558. The van der Waals surface area contributed by atoms with Crippen molar-refractivity contribution >= 4 is 28.5 Å². The molecule has 0 aliphatic rings. The third-order valence-electron chi connectivity index (χ3n) is 7.43. The number of H-pyrrole nitrogens is 1. The van der Waals surface area contributed by atoms with Gasteiger partial charge in [-0.25, -0.2) is 9.18 Å². The van der Waals surface area contributed by atoms with Gasteiger partial charge in [-0.3, -0.25) is 9.98 Å². The van der Waals surface area contributed by atoms with Crippen LogP contribution in [0.2, 0.25) is 5.02 Å². The third kappa shape index (κ3) is 8.17. The first-order valence-electron chi connectivity index (χ1n) is 14.3. The molecule has 0 aliphatic carbocycles. The van der Waals surface area contributed by atoms with Crippen LogP contribution in [0.3, 0.4) is 0 Å². The fourth-order valence-corrected chi connectivity index (χ4v) is 5.24. The van der Waals surface area contributed by atoms with Crippen molar-refractivity contribution in [2.75, 3.05) is 13.2 Å². The number of aromatic amines is 1. The van der Waals surface area contributed by atoms with Gasteiger partial charge < -0.3 is 26.5 Å². The number of fused-ring (bicyclic) bond motifs is 1. The predicted molar refractivity (Wildman–Crippen MR) is 172 cm³/mol. The molecule has 2 aromatic carbocycles. The van der Waals surface area contributed by atoms with E-state index in [0.29, 0.717) is 53.2 Å². The van der Waals surface area contributed by atoms with E-state index in [-0.39, 0.29) is 29.8 Å². The fourth-order valence-electron chi connectivity index (χ4n) is 4.99. The second-order valence-corrected chi connectivity index (χ2v) is 11.2. The first-order valence-corrected chi connectivity index (χ1v) is 14.7. The van der Waals surface area contributed by atoms with Crippen molar-refractivity contribution in [3.63, 3.8) is 0 Å². The number of benzene rings is 2. The Balaban J connectivity index is 1.53. The van der Waals surface area contributed by atoms with Gasteiger partial charge in [0.15, 0.2) is 5.82 Å². The van der Waals surface area contributed by atoms with Crippen LogP contribution in [0.1, 0.15) is 50.3 Å². The molecule has 0 saturated heterocycles. The van der Waals surface area contributed by atoms with E-state index in [0.717, 1.165) is 24.0 Å². The normalized spacial score (nSPS) is 13.5. The van der Waals surface area contributed by atoms with Crippen LogP contribution >= 0.6 is 11.6 Å². The third-order valence-corrected chi connectivity index (χ3v) is 7.70. The summed E-state index contributed by atoms with van der Waals surface area (Å²) in [5, 5.41) is 23.9. The van der Waals surface area contributed by atoms with Crippen molar-refractivity contribution in [2.24, 2.45) is 5.73 Å². The van der Waals surface area contributed by atoms with Gasteiger partial charge in [0.2, 0.25) is 0 Å². The molecule has 7 N–H and O–H groups in total. The topological polar surface area (TPSA) is 145 Å². The van der Waals surface area contributed by atoms with Gasteiger partial charge in [-0.1, -0.05) is 29.8 Å². The number of aliphatic hydroxyl groups is 1. The van der Waals surface area contributed by atoms with Gasteiger partial charge in [-0.15, -0.1) is 6.58 Å². The highest BCUT2D eigenvalue weighted by molar-refractivity contribution is 6.31. The van der Waals surface area contributed by atoms with Crippen molar-refractivity contribution < 1.29 is 9.50 Å². The minimum Gasteiger partial charge on any atom is -0.395 e. The van der Waals surface area contributed by atoms with Gasteiger partial charge in [0.05, 0.1) is 28.8 Å². The standard InChI is InChI=1S/C32H39ClFN7O2/c1-4-25(12-13-37-20(3)35)38-19(2)22-8-10-26(11-9-22)41-17-23-16-29(39-31(23)40-32(41)43)27-14-21(15-28(33)30(27)34)6-5-7-24(36)18-42/h4,8-11,14-17,19,24-25,38,42H,1,5-7,12-13,18,36H2,2-3H3,(H2,35,37)(H,39,40,43)/t19-,24+,25-/m0/s1. The van der Waals surface area contributed by atoms with Gasteiger partial charge in [0, 0.05) is 41.8 Å². The largest absolute Gasteiger partial charge is 0.395 e. The van der Waals surface area contributed by atoms with E-state index in [2.05, 4.69) is 34.1 Å². The van der Waals surface area contributed by atoms with Gasteiger partial charge in [0.25, 0.3) is 0 Å². The lowest BCUT2D eigenvalue weighted by Crippen LogP contribution is -2.33. The van der Waals surface area contributed by atoms with E-state index in [9.17, 15) is 4.79 Å². The van der Waals surface area contributed by atoms with Crippen LogP contribution in [0.25, 0.3) is 28.0 Å². The number of nitrogens with two attached hydrogens (primary N) is 1. The summed E-state index contributed by atoms with van der Waals surface area (Å²) < 4.78 is 16.6. The Morgan fingerprint density at radius 1 is 1.28 bits per heavy atom. The zero-order valence-corrected chi connectivity index (χ0v) is 25.2. The first-order chi connectivity index (χ1) is 20.6. The molecule has 0 bridgehead atoms. The molecule has 0 aliphatic heterocycles. The Kier molecular flexibility index (Phi) is 10.9. The fraction of sp³-hybridized carbons (Fsp3) is 0.344. The number of rotatable bonds is 14. The van der Waals surface area contributed by atoms with Crippen LogP contribution in [0.15, 0.2) is 66.1 Å². The maximum absolute atomic E-state index is 15.1. The van der Waals surface area contributed by atoms with E-state index in [4.69, 9.17) is 27.9 Å². The molecule has 2 heterocycles. The molecular weight excluding hydrogens is 569 g/mol. The summed E-state index contributed by atoms with van der Waals surface area (Å²) in [4.78, 5) is 20.3. The number of hydrogen-bond donors (Lipinski definition) is 6. The van der Waals surface area contributed by atoms with Crippen LogP contribution < -0.4 is 22.1 Å². The second kappa shape index (κ2) is 14.6. The Bertz CT molecular complexity index is 1630. The Hall–Kier alpha value is -3.83. The molecule has 0 unspecified atom stereocenters. The van der Waals surface area contributed by atoms with Crippen molar-refractivity contribution in [1.29, 1.82) is 5.41 Å². The van der Waals surface area contributed by atoms with Gasteiger partial charge in [-0.2, -0.15) is 4.98 Å². The van der Waals surface area contributed by atoms with E-state index < -0.39 is 11.5 Å².